The van der Waals surface area contributed by atoms with E-state index in [1.807, 2.05) is 18.2 Å². The Morgan fingerprint density at radius 3 is 2.78 bits per heavy atom. The topological polar surface area (TPSA) is 45.2 Å². The zero-order valence-electron chi connectivity index (χ0n) is 13.3. The number of hydrogen-bond acceptors (Lipinski definition) is 4. The standard InChI is InChI=1S/C18H21N3OS/c1-18(20-17(22)14-7-8-14)11-21(12-18)9-16-19-15(10-23-16)13-5-3-2-4-6-13/h2-6,10,14H,7-9,11-12H2,1H3,(H,20,22). The Labute approximate surface area is 140 Å². The smallest absolute Gasteiger partial charge is 0.223 e. The Morgan fingerprint density at radius 2 is 2.09 bits per heavy atom. The second kappa shape index (κ2) is 5.73. The molecular weight excluding hydrogens is 306 g/mol. The van der Waals surface area contributed by atoms with E-state index in [0.29, 0.717) is 0 Å². The van der Waals surface area contributed by atoms with Crippen LogP contribution in [0.4, 0.5) is 0 Å². The third kappa shape index (κ3) is 3.31. The fraction of sp³-hybridized carbons (Fsp3) is 0.444. The molecule has 1 saturated carbocycles. The molecule has 2 aliphatic rings. The molecule has 2 fully saturated rings. The number of nitrogens with one attached hydrogen (secondary N) is 1. The van der Waals surface area contributed by atoms with Crippen LogP contribution in [-0.2, 0) is 11.3 Å². The summed E-state index contributed by atoms with van der Waals surface area (Å²) in [7, 11) is 0. The number of benzene rings is 1. The van der Waals surface area contributed by atoms with Crippen molar-refractivity contribution in [1.82, 2.24) is 15.2 Å². The maximum Gasteiger partial charge on any atom is 0.223 e. The molecule has 2 heterocycles. The van der Waals surface area contributed by atoms with Crippen molar-refractivity contribution < 1.29 is 4.79 Å². The van der Waals surface area contributed by atoms with Gasteiger partial charge in [-0.05, 0) is 19.8 Å². The van der Waals surface area contributed by atoms with Crippen molar-refractivity contribution in [1.29, 1.82) is 0 Å². The lowest BCUT2D eigenvalue weighted by atomic mass is 9.92. The highest BCUT2D eigenvalue weighted by Crippen LogP contribution is 2.31. The van der Waals surface area contributed by atoms with E-state index in [1.54, 1.807) is 11.3 Å². The first-order valence-electron chi connectivity index (χ1n) is 8.16. The van der Waals surface area contributed by atoms with Gasteiger partial charge in [0.15, 0.2) is 0 Å². The molecule has 0 unspecified atom stereocenters. The summed E-state index contributed by atoms with van der Waals surface area (Å²) in [5.74, 6) is 0.529. The van der Waals surface area contributed by atoms with Gasteiger partial charge in [-0.2, -0.15) is 0 Å². The van der Waals surface area contributed by atoms with Gasteiger partial charge in [0.25, 0.3) is 0 Å². The van der Waals surface area contributed by atoms with Crippen LogP contribution in [0.5, 0.6) is 0 Å². The molecule has 1 amide bonds. The summed E-state index contributed by atoms with van der Waals surface area (Å²) in [6.45, 7) is 4.82. The van der Waals surface area contributed by atoms with Gasteiger partial charge in [0.05, 0.1) is 17.8 Å². The molecule has 23 heavy (non-hydrogen) atoms. The number of carbonyl (C=O) groups is 1. The Hall–Kier alpha value is -1.72. The van der Waals surface area contributed by atoms with Crippen LogP contribution >= 0.6 is 11.3 Å². The molecule has 0 radical (unpaired) electrons. The Bertz CT molecular complexity index is 702. The molecule has 0 spiro atoms. The van der Waals surface area contributed by atoms with Crippen molar-refractivity contribution in [2.75, 3.05) is 13.1 Å². The highest BCUT2D eigenvalue weighted by atomic mass is 32.1. The number of likely N-dealkylation sites (tertiary alicyclic amines) is 1. The molecule has 1 saturated heterocycles. The predicted octanol–water partition coefficient (Wildman–Crippen LogP) is 2.91. The van der Waals surface area contributed by atoms with Crippen molar-refractivity contribution in [3.63, 3.8) is 0 Å². The normalized spacial score (nSPS) is 20.0. The molecule has 4 rings (SSSR count). The van der Waals surface area contributed by atoms with Crippen LogP contribution in [-0.4, -0.2) is 34.4 Å². The van der Waals surface area contributed by atoms with E-state index in [1.165, 1.54) is 5.56 Å². The average Bonchev–Trinajstić information content (AvgIpc) is 3.27. The highest BCUT2D eigenvalue weighted by molar-refractivity contribution is 7.09. The Morgan fingerprint density at radius 1 is 1.35 bits per heavy atom. The fourth-order valence-corrected chi connectivity index (χ4v) is 4.04. The van der Waals surface area contributed by atoms with Gasteiger partial charge in [-0.1, -0.05) is 30.3 Å². The summed E-state index contributed by atoms with van der Waals surface area (Å²) >= 11 is 1.71. The number of carbonyl (C=O) groups excluding carboxylic acids is 1. The summed E-state index contributed by atoms with van der Waals surface area (Å²) in [6, 6.07) is 10.3. The summed E-state index contributed by atoms with van der Waals surface area (Å²) in [5.41, 5.74) is 2.16. The summed E-state index contributed by atoms with van der Waals surface area (Å²) in [5, 5.41) is 6.47. The van der Waals surface area contributed by atoms with Crippen LogP contribution < -0.4 is 5.32 Å². The average molecular weight is 327 g/mol. The molecule has 4 nitrogen and oxygen atoms in total. The first-order valence-corrected chi connectivity index (χ1v) is 9.03. The van der Waals surface area contributed by atoms with E-state index in [-0.39, 0.29) is 17.4 Å². The summed E-state index contributed by atoms with van der Waals surface area (Å²) < 4.78 is 0. The third-order valence-corrected chi connectivity index (χ3v) is 5.33. The maximum atomic E-state index is 11.9. The minimum atomic E-state index is -0.0564. The zero-order chi connectivity index (χ0) is 15.9. The van der Waals surface area contributed by atoms with Crippen LogP contribution in [0, 0.1) is 5.92 Å². The van der Waals surface area contributed by atoms with Crippen molar-refractivity contribution >= 4 is 17.2 Å². The van der Waals surface area contributed by atoms with Gasteiger partial charge in [-0.15, -0.1) is 11.3 Å². The van der Waals surface area contributed by atoms with Gasteiger partial charge >= 0.3 is 0 Å². The number of nitrogens with zero attached hydrogens (tertiary/aromatic N) is 2. The van der Waals surface area contributed by atoms with Crippen LogP contribution in [0.15, 0.2) is 35.7 Å². The number of amides is 1. The molecule has 0 atom stereocenters. The molecule has 1 aromatic heterocycles. The highest BCUT2D eigenvalue weighted by Gasteiger charge is 2.42. The largest absolute Gasteiger partial charge is 0.348 e. The lowest BCUT2D eigenvalue weighted by Gasteiger charge is -2.48. The molecule has 1 aliphatic heterocycles. The predicted molar refractivity (Wildman–Crippen MR) is 92.1 cm³/mol. The van der Waals surface area contributed by atoms with Crippen LogP contribution in [0.1, 0.15) is 24.8 Å². The number of hydrogen-bond donors (Lipinski definition) is 1. The zero-order valence-corrected chi connectivity index (χ0v) is 14.1. The van der Waals surface area contributed by atoms with Crippen molar-refractivity contribution in [3.05, 3.63) is 40.7 Å². The molecule has 1 aliphatic carbocycles. The van der Waals surface area contributed by atoms with Crippen LogP contribution in [0.2, 0.25) is 0 Å². The van der Waals surface area contributed by atoms with E-state index >= 15 is 0 Å². The number of rotatable bonds is 5. The van der Waals surface area contributed by atoms with E-state index in [0.717, 1.165) is 43.2 Å². The molecular formula is C18H21N3OS. The van der Waals surface area contributed by atoms with E-state index < -0.39 is 0 Å². The van der Waals surface area contributed by atoms with Gasteiger partial charge < -0.3 is 5.32 Å². The second-order valence-corrected chi connectivity index (χ2v) is 7.90. The van der Waals surface area contributed by atoms with Crippen LogP contribution in [0.25, 0.3) is 11.3 Å². The van der Waals surface area contributed by atoms with Gasteiger partial charge in [0, 0.05) is 30.0 Å². The molecule has 120 valence electrons. The fourth-order valence-electron chi connectivity index (χ4n) is 3.19. The van der Waals surface area contributed by atoms with E-state index in [2.05, 4.69) is 34.7 Å². The first kappa shape index (κ1) is 14.8. The molecule has 2 aromatic rings. The lowest BCUT2D eigenvalue weighted by Crippen LogP contribution is -2.68. The molecule has 5 heteroatoms. The minimum Gasteiger partial charge on any atom is -0.348 e. The van der Waals surface area contributed by atoms with E-state index in [4.69, 9.17) is 4.98 Å². The molecule has 1 aromatic carbocycles. The minimum absolute atomic E-state index is 0.0564. The maximum absolute atomic E-state index is 11.9. The monoisotopic (exact) mass is 327 g/mol. The van der Waals surface area contributed by atoms with Gasteiger partial charge in [-0.3, -0.25) is 9.69 Å². The Kier molecular flexibility index (Phi) is 3.70. The summed E-state index contributed by atoms with van der Waals surface area (Å²) in [6.07, 6.45) is 2.13. The van der Waals surface area contributed by atoms with Crippen molar-refractivity contribution in [2.24, 2.45) is 5.92 Å². The lowest BCUT2D eigenvalue weighted by molar-refractivity contribution is -0.126. The van der Waals surface area contributed by atoms with Crippen molar-refractivity contribution in [3.8, 4) is 11.3 Å². The molecule has 0 bridgehead atoms. The van der Waals surface area contributed by atoms with Crippen molar-refractivity contribution in [2.45, 2.75) is 31.8 Å². The summed E-state index contributed by atoms with van der Waals surface area (Å²) in [4.78, 5) is 19.0. The van der Waals surface area contributed by atoms with Gasteiger partial charge in [0.2, 0.25) is 5.91 Å². The van der Waals surface area contributed by atoms with Gasteiger partial charge in [-0.25, -0.2) is 4.98 Å². The number of thiazole rings is 1. The third-order valence-electron chi connectivity index (χ3n) is 4.50. The van der Waals surface area contributed by atoms with E-state index in [9.17, 15) is 4.79 Å². The quantitative estimate of drug-likeness (QED) is 0.918. The first-order chi connectivity index (χ1) is 11.1. The van der Waals surface area contributed by atoms with Gasteiger partial charge in [0.1, 0.15) is 5.01 Å². The SMILES string of the molecule is CC1(NC(=O)C2CC2)CN(Cc2nc(-c3ccccc3)cs2)C1. The second-order valence-electron chi connectivity index (χ2n) is 6.96. The van der Waals surface area contributed by atoms with Crippen LogP contribution in [0.3, 0.4) is 0 Å². The number of aromatic nitrogens is 1. The molecule has 1 N–H and O–H groups in total. The Balaban J connectivity index is 1.32.